The van der Waals surface area contributed by atoms with E-state index in [2.05, 4.69) is 15.4 Å². The van der Waals surface area contributed by atoms with Gasteiger partial charge in [0.25, 0.3) is 0 Å². The van der Waals surface area contributed by atoms with Crippen molar-refractivity contribution in [3.05, 3.63) is 42.5 Å². The lowest BCUT2D eigenvalue weighted by molar-refractivity contribution is 0.290. The standard InChI is InChI=1S/C14H18N4O/c1-6-17-18(7-1)8-9-19-14-5-4-13(16-11-14)10-15-12-2-3-12/h1,4-7,11-12,15H,2-3,8-10H2. The Labute approximate surface area is 112 Å². The van der Waals surface area contributed by atoms with Crippen LogP contribution in [0.25, 0.3) is 0 Å². The van der Waals surface area contributed by atoms with E-state index in [0.717, 1.165) is 24.5 Å². The fourth-order valence-corrected chi connectivity index (χ4v) is 1.83. The molecule has 2 aromatic rings. The van der Waals surface area contributed by atoms with Gasteiger partial charge in [-0.1, -0.05) is 0 Å². The van der Waals surface area contributed by atoms with Crippen LogP contribution in [0.1, 0.15) is 18.5 Å². The zero-order valence-electron chi connectivity index (χ0n) is 10.8. The van der Waals surface area contributed by atoms with Crippen LogP contribution < -0.4 is 10.1 Å². The lowest BCUT2D eigenvalue weighted by atomic mass is 10.3. The summed E-state index contributed by atoms with van der Waals surface area (Å²) in [4.78, 5) is 4.38. The van der Waals surface area contributed by atoms with E-state index in [-0.39, 0.29) is 0 Å². The second-order valence-corrected chi connectivity index (χ2v) is 4.76. The highest BCUT2D eigenvalue weighted by atomic mass is 16.5. The minimum Gasteiger partial charge on any atom is -0.490 e. The van der Waals surface area contributed by atoms with Crippen molar-refractivity contribution in [2.24, 2.45) is 0 Å². The molecule has 0 radical (unpaired) electrons. The lowest BCUT2D eigenvalue weighted by Gasteiger charge is -2.07. The predicted octanol–water partition coefficient (Wildman–Crippen LogP) is 1.61. The molecule has 0 unspecified atom stereocenters. The highest BCUT2D eigenvalue weighted by Crippen LogP contribution is 2.19. The van der Waals surface area contributed by atoms with Gasteiger partial charge in [-0.2, -0.15) is 5.10 Å². The van der Waals surface area contributed by atoms with Crippen molar-refractivity contribution in [2.75, 3.05) is 6.61 Å². The summed E-state index contributed by atoms with van der Waals surface area (Å²) in [5.41, 5.74) is 1.06. The van der Waals surface area contributed by atoms with Gasteiger partial charge in [-0.3, -0.25) is 9.67 Å². The summed E-state index contributed by atoms with van der Waals surface area (Å²) >= 11 is 0. The molecule has 2 heterocycles. The Kier molecular flexibility index (Phi) is 3.74. The van der Waals surface area contributed by atoms with Crippen LogP contribution in [0.2, 0.25) is 0 Å². The van der Waals surface area contributed by atoms with Gasteiger partial charge < -0.3 is 10.1 Å². The average molecular weight is 258 g/mol. The van der Waals surface area contributed by atoms with Crippen molar-refractivity contribution in [3.8, 4) is 5.75 Å². The number of hydrogen-bond acceptors (Lipinski definition) is 4. The average Bonchev–Trinajstić information content (AvgIpc) is 3.13. The molecule has 0 aromatic carbocycles. The molecular formula is C14H18N4O. The molecule has 1 fully saturated rings. The number of hydrogen-bond donors (Lipinski definition) is 1. The first-order chi connectivity index (χ1) is 9.40. The molecule has 1 aliphatic rings. The summed E-state index contributed by atoms with van der Waals surface area (Å²) in [6.07, 6.45) is 8.08. The van der Waals surface area contributed by atoms with Crippen molar-refractivity contribution in [3.63, 3.8) is 0 Å². The predicted molar refractivity (Wildman–Crippen MR) is 71.8 cm³/mol. The van der Waals surface area contributed by atoms with E-state index in [1.807, 2.05) is 29.1 Å². The molecule has 0 spiro atoms. The fraction of sp³-hybridized carbons (Fsp3) is 0.429. The molecule has 5 nitrogen and oxygen atoms in total. The summed E-state index contributed by atoms with van der Waals surface area (Å²) in [5, 5.41) is 7.56. The van der Waals surface area contributed by atoms with Gasteiger partial charge >= 0.3 is 0 Å². The fourth-order valence-electron chi connectivity index (χ4n) is 1.83. The molecule has 3 rings (SSSR count). The van der Waals surface area contributed by atoms with Crippen LogP contribution in [0.3, 0.4) is 0 Å². The van der Waals surface area contributed by atoms with Gasteiger partial charge in [0.15, 0.2) is 0 Å². The molecule has 5 heteroatoms. The highest BCUT2D eigenvalue weighted by Gasteiger charge is 2.19. The van der Waals surface area contributed by atoms with Crippen LogP contribution in [0.15, 0.2) is 36.8 Å². The molecule has 1 N–H and O–H groups in total. The number of nitrogens with zero attached hydrogens (tertiary/aromatic N) is 3. The topological polar surface area (TPSA) is 52.0 Å². The van der Waals surface area contributed by atoms with Crippen molar-refractivity contribution in [2.45, 2.75) is 32.0 Å². The van der Waals surface area contributed by atoms with Gasteiger partial charge in [0.2, 0.25) is 0 Å². The van der Waals surface area contributed by atoms with Crippen molar-refractivity contribution < 1.29 is 4.74 Å². The second-order valence-electron chi connectivity index (χ2n) is 4.76. The first kappa shape index (κ1) is 12.2. The highest BCUT2D eigenvalue weighted by molar-refractivity contribution is 5.19. The number of ether oxygens (including phenoxy) is 1. The summed E-state index contributed by atoms with van der Waals surface area (Å²) in [6, 6.07) is 6.61. The molecule has 100 valence electrons. The summed E-state index contributed by atoms with van der Waals surface area (Å²) < 4.78 is 7.48. The van der Waals surface area contributed by atoms with E-state index in [0.29, 0.717) is 12.6 Å². The van der Waals surface area contributed by atoms with Crippen LogP contribution in [-0.2, 0) is 13.1 Å². The molecular weight excluding hydrogens is 240 g/mol. The summed E-state index contributed by atoms with van der Waals surface area (Å²) in [6.45, 7) is 2.19. The monoisotopic (exact) mass is 258 g/mol. The van der Waals surface area contributed by atoms with Crippen LogP contribution >= 0.6 is 0 Å². The van der Waals surface area contributed by atoms with Gasteiger partial charge in [0.05, 0.1) is 18.4 Å². The molecule has 0 aliphatic heterocycles. The van der Waals surface area contributed by atoms with Gasteiger partial charge in [-0.05, 0) is 31.0 Å². The van der Waals surface area contributed by atoms with Crippen molar-refractivity contribution in [1.29, 1.82) is 0 Å². The Morgan fingerprint density at radius 1 is 1.37 bits per heavy atom. The third-order valence-corrected chi connectivity index (χ3v) is 3.10. The van der Waals surface area contributed by atoms with Gasteiger partial charge in [0, 0.05) is 25.0 Å². The molecule has 1 saturated carbocycles. The van der Waals surface area contributed by atoms with E-state index in [9.17, 15) is 0 Å². The summed E-state index contributed by atoms with van der Waals surface area (Å²) in [7, 11) is 0. The first-order valence-electron chi connectivity index (χ1n) is 6.69. The van der Waals surface area contributed by atoms with Crippen LogP contribution in [0, 0.1) is 0 Å². The van der Waals surface area contributed by atoms with E-state index in [1.165, 1.54) is 12.8 Å². The minimum absolute atomic E-state index is 0.600. The molecule has 0 bridgehead atoms. The van der Waals surface area contributed by atoms with E-state index in [4.69, 9.17) is 4.74 Å². The van der Waals surface area contributed by atoms with Gasteiger partial charge in [-0.25, -0.2) is 0 Å². The Morgan fingerprint density at radius 2 is 2.32 bits per heavy atom. The Balaban J connectivity index is 1.42. The number of aromatic nitrogens is 3. The summed E-state index contributed by atoms with van der Waals surface area (Å²) in [5.74, 6) is 0.808. The van der Waals surface area contributed by atoms with Gasteiger partial charge in [-0.15, -0.1) is 0 Å². The van der Waals surface area contributed by atoms with Crippen LogP contribution in [0.4, 0.5) is 0 Å². The quantitative estimate of drug-likeness (QED) is 0.819. The SMILES string of the molecule is c1cnn(CCOc2ccc(CNC3CC3)nc2)c1. The third kappa shape index (κ3) is 3.79. The van der Waals surface area contributed by atoms with Crippen molar-refractivity contribution >= 4 is 0 Å². The van der Waals surface area contributed by atoms with E-state index >= 15 is 0 Å². The number of pyridine rings is 1. The van der Waals surface area contributed by atoms with E-state index in [1.54, 1.807) is 12.4 Å². The van der Waals surface area contributed by atoms with Crippen LogP contribution in [-0.4, -0.2) is 27.4 Å². The van der Waals surface area contributed by atoms with Crippen molar-refractivity contribution in [1.82, 2.24) is 20.1 Å². The Hall–Kier alpha value is -1.88. The lowest BCUT2D eigenvalue weighted by Crippen LogP contribution is -2.16. The molecule has 2 aromatic heterocycles. The molecule has 0 saturated heterocycles. The van der Waals surface area contributed by atoms with Gasteiger partial charge in [0.1, 0.15) is 12.4 Å². The number of rotatable bonds is 7. The molecule has 0 amide bonds. The number of nitrogens with one attached hydrogen (secondary N) is 1. The largest absolute Gasteiger partial charge is 0.490 e. The molecule has 0 atom stereocenters. The Morgan fingerprint density at radius 3 is 3.00 bits per heavy atom. The minimum atomic E-state index is 0.600. The molecule has 19 heavy (non-hydrogen) atoms. The maximum absolute atomic E-state index is 5.63. The maximum atomic E-state index is 5.63. The maximum Gasteiger partial charge on any atom is 0.137 e. The Bertz CT molecular complexity index is 491. The van der Waals surface area contributed by atoms with Crippen LogP contribution in [0.5, 0.6) is 5.75 Å². The molecule has 1 aliphatic carbocycles. The second kappa shape index (κ2) is 5.84. The third-order valence-electron chi connectivity index (χ3n) is 3.10. The zero-order valence-corrected chi connectivity index (χ0v) is 10.8. The smallest absolute Gasteiger partial charge is 0.137 e. The first-order valence-corrected chi connectivity index (χ1v) is 6.69. The normalized spacial score (nSPS) is 14.5. The zero-order chi connectivity index (χ0) is 12.9. The van der Waals surface area contributed by atoms with E-state index < -0.39 is 0 Å².